The van der Waals surface area contributed by atoms with Crippen molar-refractivity contribution in [3.8, 4) is 0 Å². The molecule has 0 bridgehead atoms. The average molecular weight is 293 g/mol. The van der Waals surface area contributed by atoms with Crippen molar-refractivity contribution in [2.45, 2.75) is 56.3 Å². The number of thioether (sulfide) groups is 1. The molecule has 0 saturated carbocycles. The summed E-state index contributed by atoms with van der Waals surface area (Å²) in [6, 6.07) is 9.03. The molecule has 1 saturated heterocycles. The van der Waals surface area contributed by atoms with Crippen molar-refractivity contribution in [1.82, 2.24) is 5.32 Å². The molecule has 1 aromatic rings. The fourth-order valence-corrected chi connectivity index (χ4v) is 4.27. The van der Waals surface area contributed by atoms with E-state index in [2.05, 4.69) is 70.6 Å². The van der Waals surface area contributed by atoms with E-state index in [4.69, 9.17) is 4.74 Å². The fourth-order valence-electron chi connectivity index (χ4n) is 3.62. The first kappa shape index (κ1) is 15.9. The van der Waals surface area contributed by atoms with Crippen LogP contribution in [0.3, 0.4) is 0 Å². The molecular formula is C17H27NOS. The molecule has 0 spiro atoms. The summed E-state index contributed by atoms with van der Waals surface area (Å²) < 4.78 is 6.28. The van der Waals surface area contributed by atoms with E-state index in [0.29, 0.717) is 12.0 Å². The minimum Gasteiger partial charge on any atom is -0.369 e. The van der Waals surface area contributed by atoms with E-state index in [9.17, 15) is 0 Å². The van der Waals surface area contributed by atoms with Gasteiger partial charge in [0.2, 0.25) is 0 Å². The Morgan fingerprint density at radius 2 is 1.90 bits per heavy atom. The maximum atomic E-state index is 6.28. The molecule has 1 aliphatic heterocycles. The Morgan fingerprint density at radius 1 is 1.25 bits per heavy atom. The monoisotopic (exact) mass is 293 g/mol. The van der Waals surface area contributed by atoms with Gasteiger partial charge in [0.1, 0.15) is 0 Å². The predicted molar refractivity (Wildman–Crippen MR) is 87.4 cm³/mol. The van der Waals surface area contributed by atoms with Gasteiger partial charge in [-0.15, -0.1) is 11.8 Å². The molecule has 2 atom stereocenters. The molecular weight excluding hydrogens is 266 g/mol. The number of benzene rings is 1. The van der Waals surface area contributed by atoms with Crippen molar-refractivity contribution < 1.29 is 4.74 Å². The molecule has 1 aliphatic rings. The number of hydrogen-bond donors (Lipinski definition) is 1. The standard InChI is InChI=1S/C17H27NOS/c1-16(2)11-13(17(3,4)19-16)15(18-5)12-9-7-8-10-14(12)20-6/h7-10,13,15,18H,11H2,1-6H3. The molecule has 0 radical (unpaired) electrons. The minimum absolute atomic E-state index is 0.0441. The summed E-state index contributed by atoms with van der Waals surface area (Å²) in [7, 11) is 2.06. The van der Waals surface area contributed by atoms with Crippen LogP contribution < -0.4 is 5.32 Å². The lowest BCUT2D eigenvalue weighted by Gasteiger charge is -2.34. The second-order valence-corrected chi connectivity index (χ2v) is 7.63. The molecule has 2 rings (SSSR count). The largest absolute Gasteiger partial charge is 0.369 e. The molecule has 112 valence electrons. The van der Waals surface area contributed by atoms with Gasteiger partial charge in [0.25, 0.3) is 0 Å². The quantitative estimate of drug-likeness (QED) is 0.838. The lowest BCUT2D eigenvalue weighted by molar-refractivity contribution is -0.0777. The summed E-state index contributed by atoms with van der Waals surface area (Å²) in [6.07, 6.45) is 3.22. The topological polar surface area (TPSA) is 21.3 Å². The highest BCUT2D eigenvalue weighted by molar-refractivity contribution is 7.98. The summed E-state index contributed by atoms with van der Waals surface area (Å²) in [5.41, 5.74) is 1.24. The van der Waals surface area contributed by atoms with Gasteiger partial charge in [-0.2, -0.15) is 0 Å². The van der Waals surface area contributed by atoms with Crippen LogP contribution in [0.2, 0.25) is 0 Å². The van der Waals surface area contributed by atoms with E-state index in [1.807, 2.05) is 11.8 Å². The SMILES string of the molecule is CNC(c1ccccc1SC)C1CC(C)(C)OC1(C)C. The highest BCUT2D eigenvalue weighted by Crippen LogP contribution is 2.48. The van der Waals surface area contributed by atoms with Gasteiger partial charge in [0, 0.05) is 16.9 Å². The lowest BCUT2D eigenvalue weighted by atomic mass is 9.79. The van der Waals surface area contributed by atoms with Crippen LogP contribution in [0, 0.1) is 5.92 Å². The highest BCUT2D eigenvalue weighted by Gasteiger charge is 2.49. The Kier molecular flexibility index (Phi) is 4.53. The predicted octanol–water partition coefficient (Wildman–Crippen LogP) is 4.26. The van der Waals surface area contributed by atoms with Gasteiger partial charge in [-0.1, -0.05) is 18.2 Å². The molecule has 1 aromatic carbocycles. The van der Waals surface area contributed by atoms with Gasteiger partial charge in [-0.05, 0) is 59.0 Å². The Bertz CT molecular complexity index is 470. The second-order valence-electron chi connectivity index (χ2n) is 6.78. The first-order valence-corrected chi connectivity index (χ1v) is 8.53. The zero-order valence-corrected chi connectivity index (χ0v) is 14.3. The summed E-state index contributed by atoms with van der Waals surface area (Å²) in [6.45, 7) is 8.83. The molecule has 2 unspecified atom stereocenters. The van der Waals surface area contributed by atoms with E-state index in [1.54, 1.807) is 0 Å². The van der Waals surface area contributed by atoms with E-state index < -0.39 is 0 Å². The first-order valence-electron chi connectivity index (χ1n) is 7.31. The summed E-state index contributed by atoms with van der Waals surface area (Å²) >= 11 is 1.82. The van der Waals surface area contributed by atoms with E-state index in [1.165, 1.54) is 10.5 Å². The Labute approximate surface area is 127 Å². The smallest absolute Gasteiger partial charge is 0.0681 e. The van der Waals surface area contributed by atoms with Crippen LogP contribution in [0.5, 0.6) is 0 Å². The van der Waals surface area contributed by atoms with Crippen LogP contribution in [-0.4, -0.2) is 24.5 Å². The first-order chi connectivity index (χ1) is 9.30. The lowest BCUT2D eigenvalue weighted by Crippen LogP contribution is -2.37. The van der Waals surface area contributed by atoms with E-state index in [0.717, 1.165) is 6.42 Å². The van der Waals surface area contributed by atoms with Crippen LogP contribution in [-0.2, 0) is 4.74 Å². The number of ether oxygens (including phenoxy) is 1. The third kappa shape index (κ3) is 3.05. The Balaban J connectivity index is 2.38. The molecule has 0 amide bonds. The normalized spacial score (nSPS) is 25.6. The van der Waals surface area contributed by atoms with Gasteiger partial charge < -0.3 is 10.1 Å². The maximum Gasteiger partial charge on any atom is 0.0681 e. The zero-order chi connectivity index (χ0) is 15.0. The van der Waals surface area contributed by atoms with Gasteiger partial charge in [0.15, 0.2) is 0 Å². The summed E-state index contributed by atoms with van der Waals surface area (Å²) in [5.74, 6) is 0.468. The number of rotatable bonds is 4. The van der Waals surface area contributed by atoms with Crippen molar-refractivity contribution in [3.63, 3.8) is 0 Å². The van der Waals surface area contributed by atoms with E-state index >= 15 is 0 Å². The minimum atomic E-state index is -0.108. The summed E-state index contributed by atoms with van der Waals surface area (Å²) in [4.78, 5) is 1.35. The van der Waals surface area contributed by atoms with Crippen molar-refractivity contribution in [2.24, 2.45) is 5.92 Å². The molecule has 1 N–H and O–H groups in total. The Morgan fingerprint density at radius 3 is 2.40 bits per heavy atom. The fraction of sp³-hybridized carbons (Fsp3) is 0.647. The molecule has 0 aliphatic carbocycles. The average Bonchev–Trinajstić information content (AvgIpc) is 2.59. The third-order valence-corrected chi connectivity index (χ3v) is 5.14. The molecule has 1 heterocycles. The van der Waals surface area contributed by atoms with Gasteiger partial charge in [-0.25, -0.2) is 0 Å². The Hall–Kier alpha value is -0.510. The van der Waals surface area contributed by atoms with Crippen LogP contribution in [0.4, 0.5) is 0 Å². The third-order valence-electron chi connectivity index (χ3n) is 4.33. The number of hydrogen-bond acceptors (Lipinski definition) is 3. The molecule has 3 heteroatoms. The van der Waals surface area contributed by atoms with Crippen molar-refractivity contribution in [3.05, 3.63) is 29.8 Å². The molecule has 2 nitrogen and oxygen atoms in total. The zero-order valence-electron chi connectivity index (χ0n) is 13.5. The van der Waals surface area contributed by atoms with Gasteiger partial charge in [-0.3, -0.25) is 0 Å². The van der Waals surface area contributed by atoms with Gasteiger partial charge >= 0.3 is 0 Å². The van der Waals surface area contributed by atoms with Crippen molar-refractivity contribution >= 4 is 11.8 Å². The molecule has 0 aromatic heterocycles. The van der Waals surface area contributed by atoms with Crippen molar-refractivity contribution in [1.29, 1.82) is 0 Å². The van der Waals surface area contributed by atoms with Crippen LogP contribution >= 0.6 is 11.8 Å². The van der Waals surface area contributed by atoms with Crippen LogP contribution in [0.15, 0.2) is 29.2 Å². The second kappa shape index (κ2) is 5.70. The number of nitrogens with one attached hydrogen (secondary N) is 1. The van der Waals surface area contributed by atoms with Crippen LogP contribution in [0.1, 0.15) is 45.7 Å². The highest BCUT2D eigenvalue weighted by atomic mass is 32.2. The van der Waals surface area contributed by atoms with E-state index in [-0.39, 0.29) is 11.2 Å². The maximum absolute atomic E-state index is 6.28. The van der Waals surface area contributed by atoms with Crippen LogP contribution in [0.25, 0.3) is 0 Å². The molecule has 1 fully saturated rings. The molecule has 20 heavy (non-hydrogen) atoms. The van der Waals surface area contributed by atoms with Gasteiger partial charge in [0.05, 0.1) is 11.2 Å². The van der Waals surface area contributed by atoms with Crippen molar-refractivity contribution in [2.75, 3.05) is 13.3 Å². The summed E-state index contributed by atoms with van der Waals surface area (Å²) in [5, 5.41) is 3.54.